The molecule has 0 saturated heterocycles. The van der Waals surface area contributed by atoms with E-state index in [0.717, 1.165) is 41.2 Å². The van der Waals surface area contributed by atoms with Crippen LogP contribution in [0.25, 0.3) is 0 Å². The van der Waals surface area contributed by atoms with Crippen LogP contribution in [0.15, 0.2) is 36.4 Å². The van der Waals surface area contributed by atoms with Gasteiger partial charge in [0.2, 0.25) is 0 Å². The highest BCUT2D eigenvalue weighted by molar-refractivity contribution is 6.30. The maximum absolute atomic E-state index is 13.3. The van der Waals surface area contributed by atoms with Gasteiger partial charge < -0.3 is 10.6 Å². The third-order valence-corrected chi connectivity index (χ3v) is 6.13. The number of hydrogen-bond acceptors (Lipinski definition) is 2. The topological polar surface area (TPSA) is 46.3 Å². The molecule has 2 aromatic rings. The van der Waals surface area contributed by atoms with Crippen LogP contribution in [0.2, 0.25) is 5.02 Å². The Hall–Kier alpha value is -2.00. The van der Waals surface area contributed by atoms with Crippen LogP contribution < -0.4 is 10.6 Å². The first-order valence-corrected chi connectivity index (χ1v) is 9.36. The molecule has 0 atom stereocenters. The third kappa shape index (κ3) is 2.71. The number of anilines is 2. The van der Waals surface area contributed by atoms with E-state index >= 15 is 0 Å². The lowest BCUT2D eigenvalue weighted by molar-refractivity contribution is 0.0986. The fourth-order valence-corrected chi connectivity index (χ4v) is 4.58. The second kappa shape index (κ2) is 6.06. The van der Waals surface area contributed by atoms with Crippen LogP contribution >= 0.6 is 11.6 Å². The van der Waals surface area contributed by atoms with Crippen molar-refractivity contribution in [1.29, 1.82) is 0 Å². The predicted octanol–water partition coefficient (Wildman–Crippen LogP) is 5.09. The van der Waals surface area contributed by atoms with E-state index in [0.29, 0.717) is 5.69 Å². The average Bonchev–Trinajstić information content (AvgIpc) is 2.70. The number of hydrogen-bond donors (Lipinski definition) is 1. The normalized spacial score (nSPS) is 18.4. The van der Waals surface area contributed by atoms with Gasteiger partial charge in [-0.05, 0) is 85.5 Å². The van der Waals surface area contributed by atoms with Gasteiger partial charge in [0, 0.05) is 28.5 Å². The molecule has 2 aliphatic rings. The Labute approximate surface area is 153 Å². The molecule has 130 valence electrons. The van der Waals surface area contributed by atoms with Gasteiger partial charge in [0.1, 0.15) is 0 Å². The number of fused-ring (bicyclic) bond motifs is 2. The molecule has 2 aromatic carbocycles. The number of carbonyl (C=O) groups excluding carboxylic acids is 1. The first kappa shape index (κ1) is 16.5. The Bertz CT molecular complexity index is 842. The Morgan fingerprint density at radius 1 is 1.12 bits per heavy atom. The number of nitrogen functional groups attached to an aromatic ring is 1. The molecule has 25 heavy (non-hydrogen) atoms. The quantitative estimate of drug-likeness (QED) is 0.725. The van der Waals surface area contributed by atoms with Crippen molar-refractivity contribution in [3.05, 3.63) is 58.1 Å². The number of aryl methyl sites for hydroxylation is 1. The summed E-state index contributed by atoms with van der Waals surface area (Å²) >= 11 is 6.31. The van der Waals surface area contributed by atoms with Gasteiger partial charge in [-0.3, -0.25) is 4.79 Å². The summed E-state index contributed by atoms with van der Waals surface area (Å²) in [4.78, 5) is 15.2. The standard InChI is InChI=1S/C21H23ClN2O/c1-14-12-16(23)5-6-17(14)20(25)24-11-3-10-21(8-2-9-21)18-13-15(22)4-7-19(18)24/h4-7,12-13H,2-3,8-11,23H2,1H3. The van der Waals surface area contributed by atoms with E-state index in [1.165, 1.54) is 24.8 Å². The zero-order chi connectivity index (χ0) is 17.6. The summed E-state index contributed by atoms with van der Waals surface area (Å²) < 4.78 is 0. The van der Waals surface area contributed by atoms with E-state index in [1.807, 2.05) is 36.1 Å². The molecule has 1 amide bonds. The smallest absolute Gasteiger partial charge is 0.258 e. The van der Waals surface area contributed by atoms with Crippen LogP contribution in [-0.4, -0.2) is 12.5 Å². The average molecular weight is 355 g/mol. The van der Waals surface area contributed by atoms with Crippen LogP contribution in [0.5, 0.6) is 0 Å². The summed E-state index contributed by atoms with van der Waals surface area (Å²) in [5.41, 5.74) is 10.7. The Balaban J connectivity index is 1.79. The zero-order valence-corrected chi connectivity index (χ0v) is 15.3. The summed E-state index contributed by atoms with van der Waals surface area (Å²) in [5.74, 6) is 0.0532. The molecule has 2 N–H and O–H groups in total. The van der Waals surface area contributed by atoms with Gasteiger partial charge in [-0.25, -0.2) is 0 Å². The van der Waals surface area contributed by atoms with E-state index < -0.39 is 0 Å². The molecule has 1 spiro atoms. The molecule has 1 saturated carbocycles. The van der Waals surface area contributed by atoms with E-state index in [1.54, 1.807) is 6.07 Å². The van der Waals surface area contributed by atoms with Gasteiger partial charge in [0.15, 0.2) is 0 Å². The van der Waals surface area contributed by atoms with Crippen LogP contribution in [0.3, 0.4) is 0 Å². The van der Waals surface area contributed by atoms with E-state index in [2.05, 4.69) is 6.07 Å². The number of nitrogens with zero attached hydrogens (tertiary/aromatic N) is 1. The minimum atomic E-state index is 0.0532. The minimum absolute atomic E-state index is 0.0532. The van der Waals surface area contributed by atoms with Crippen molar-refractivity contribution in [3.8, 4) is 0 Å². The first-order valence-electron chi connectivity index (χ1n) is 8.98. The molecular formula is C21H23ClN2O. The molecule has 0 unspecified atom stereocenters. The summed E-state index contributed by atoms with van der Waals surface area (Å²) in [6, 6.07) is 11.5. The highest BCUT2D eigenvalue weighted by Crippen LogP contribution is 2.52. The van der Waals surface area contributed by atoms with Crippen LogP contribution in [0.4, 0.5) is 11.4 Å². The van der Waals surface area contributed by atoms with E-state index in [9.17, 15) is 4.79 Å². The molecule has 1 heterocycles. The minimum Gasteiger partial charge on any atom is -0.399 e. The van der Waals surface area contributed by atoms with Gasteiger partial charge in [-0.1, -0.05) is 18.0 Å². The second-order valence-electron chi connectivity index (χ2n) is 7.43. The van der Waals surface area contributed by atoms with E-state index in [-0.39, 0.29) is 11.3 Å². The molecule has 4 heteroatoms. The SMILES string of the molecule is Cc1cc(N)ccc1C(=O)N1CCCC2(CCC2)c2cc(Cl)ccc21. The largest absolute Gasteiger partial charge is 0.399 e. The molecule has 1 aliphatic heterocycles. The maximum atomic E-state index is 13.3. The van der Waals surface area contributed by atoms with Crippen molar-refractivity contribution in [2.45, 2.75) is 44.4 Å². The number of amides is 1. The summed E-state index contributed by atoms with van der Waals surface area (Å²) in [6.45, 7) is 2.69. The third-order valence-electron chi connectivity index (χ3n) is 5.89. The van der Waals surface area contributed by atoms with Crippen molar-refractivity contribution in [3.63, 3.8) is 0 Å². The summed E-state index contributed by atoms with van der Waals surface area (Å²) in [5, 5.41) is 0.753. The highest BCUT2D eigenvalue weighted by atomic mass is 35.5. The van der Waals surface area contributed by atoms with Crippen molar-refractivity contribution in [2.75, 3.05) is 17.2 Å². The van der Waals surface area contributed by atoms with Crippen molar-refractivity contribution in [1.82, 2.24) is 0 Å². The van der Waals surface area contributed by atoms with Gasteiger partial charge in [0.05, 0.1) is 0 Å². The maximum Gasteiger partial charge on any atom is 0.258 e. The van der Waals surface area contributed by atoms with Crippen molar-refractivity contribution in [2.24, 2.45) is 0 Å². The molecule has 1 aliphatic carbocycles. The lowest BCUT2D eigenvalue weighted by Gasteiger charge is -2.43. The lowest BCUT2D eigenvalue weighted by Crippen LogP contribution is -2.35. The molecule has 0 bridgehead atoms. The zero-order valence-electron chi connectivity index (χ0n) is 14.5. The molecule has 0 radical (unpaired) electrons. The summed E-state index contributed by atoms with van der Waals surface area (Å²) in [7, 11) is 0. The number of carbonyl (C=O) groups is 1. The second-order valence-corrected chi connectivity index (χ2v) is 7.87. The Kier molecular flexibility index (Phi) is 3.99. The summed E-state index contributed by atoms with van der Waals surface area (Å²) in [6.07, 6.45) is 5.81. The Morgan fingerprint density at radius 3 is 2.56 bits per heavy atom. The first-order chi connectivity index (χ1) is 12.0. The molecule has 1 fully saturated rings. The number of benzene rings is 2. The van der Waals surface area contributed by atoms with Gasteiger partial charge in [-0.2, -0.15) is 0 Å². The fraction of sp³-hybridized carbons (Fsp3) is 0.381. The van der Waals surface area contributed by atoms with Crippen LogP contribution in [-0.2, 0) is 5.41 Å². The molecule has 3 nitrogen and oxygen atoms in total. The van der Waals surface area contributed by atoms with Gasteiger partial charge in [-0.15, -0.1) is 0 Å². The van der Waals surface area contributed by atoms with Crippen LogP contribution in [0.1, 0.15) is 53.6 Å². The number of halogens is 1. The molecular weight excluding hydrogens is 332 g/mol. The van der Waals surface area contributed by atoms with Gasteiger partial charge >= 0.3 is 0 Å². The fourth-order valence-electron chi connectivity index (χ4n) is 4.41. The van der Waals surface area contributed by atoms with Crippen LogP contribution in [0, 0.1) is 6.92 Å². The van der Waals surface area contributed by atoms with E-state index in [4.69, 9.17) is 17.3 Å². The number of rotatable bonds is 1. The van der Waals surface area contributed by atoms with Crippen molar-refractivity contribution >= 4 is 28.9 Å². The molecule has 4 rings (SSSR count). The van der Waals surface area contributed by atoms with Gasteiger partial charge in [0.25, 0.3) is 5.91 Å². The molecule has 0 aromatic heterocycles. The van der Waals surface area contributed by atoms with Crippen molar-refractivity contribution < 1.29 is 4.79 Å². The lowest BCUT2D eigenvalue weighted by atomic mass is 9.62. The Morgan fingerprint density at radius 2 is 1.88 bits per heavy atom. The number of nitrogens with two attached hydrogens (primary N) is 1. The predicted molar refractivity (Wildman–Crippen MR) is 103 cm³/mol. The monoisotopic (exact) mass is 354 g/mol. The highest BCUT2D eigenvalue weighted by Gasteiger charge is 2.43.